The minimum atomic E-state index is -0.278. The van der Waals surface area contributed by atoms with Crippen LogP contribution in [0.1, 0.15) is 46.0 Å². The molecule has 0 saturated carbocycles. The van der Waals surface area contributed by atoms with Crippen molar-refractivity contribution in [3.8, 4) is 0 Å². The molecule has 25 heavy (non-hydrogen) atoms. The summed E-state index contributed by atoms with van der Waals surface area (Å²) in [4.78, 5) is 42.0. The molecule has 2 heterocycles. The Hall–Kier alpha value is -1.79. The van der Waals surface area contributed by atoms with Crippen molar-refractivity contribution in [1.82, 2.24) is 14.7 Å². The predicted octanol–water partition coefficient (Wildman–Crippen LogP) is 1.71. The van der Waals surface area contributed by atoms with Crippen LogP contribution in [0.15, 0.2) is 0 Å². The van der Waals surface area contributed by atoms with E-state index in [9.17, 15) is 14.4 Å². The van der Waals surface area contributed by atoms with Crippen molar-refractivity contribution in [1.29, 1.82) is 0 Å². The minimum absolute atomic E-state index is 0.0665. The van der Waals surface area contributed by atoms with Crippen LogP contribution >= 0.6 is 0 Å². The molecule has 3 amide bonds. The molecule has 2 aliphatic heterocycles. The van der Waals surface area contributed by atoms with Crippen LogP contribution in [-0.4, -0.2) is 78.5 Å². The molecule has 2 saturated heterocycles. The third-order valence-electron chi connectivity index (χ3n) is 5.16. The van der Waals surface area contributed by atoms with Gasteiger partial charge in [-0.25, -0.2) is 4.79 Å². The molecule has 0 N–H and O–H groups in total. The van der Waals surface area contributed by atoms with E-state index in [-0.39, 0.29) is 29.9 Å². The van der Waals surface area contributed by atoms with E-state index in [2.05, 4.69) is 6.92 Å². The summed E-state index contributed by atoms with van der Waals surface area (Å²) in [5.74, 6) is -0.0810. The zero-order valence-electron chi connectivity index (χ0n) is 15.7. The first-order chi connectivity index (χ1) is 12.0. The number of amides is 3. The van der Waals surface area contributed by atoms with Crippen molar-refractivity contribution in [3.05, 3.63) is 0 Å². The SMILES string of the molecule is CCCCN(C)C(=O)C1CC(=O)N(C2CCN(C(=O)OCC)CC2)C1. The van der Waals surface area contributed by atoms with Crippen molar-refractivity contribution in [3.63, 3.8) is 0 Å². The lowest BCUT2D eigenvalue weighted by Gasteiger charge is -2.36. The molecule has 1 atom stereocenters. The number of carbonyl (C=O) groups is 3. The number of piperidine rings is 1. The monoisotopic (exact) mass is 353 g/mol. The maximum Gasteiger partial charge on any atom is 0.409 e. The summed E-state index contributed by atoms with van der Waals surface area (Å²) in [6.07, 6.45) is 3.56. The molecule has 2 aliphatic rings. The molecule has 0 aromatic rings. The van der Waals surface area contributed by atoms with Crippen LogP contribution in [0.5, 0.6) is 0 Å². The zero-order chi connectivity index (χ0) is 18.4. The number of ether oxygens (including phenoxy) is 1. The Kier molecular flexibility index (Phi) is 7.08. The van der Waals surface area contributed by atoms with Gasteiger partial charge in [0.05, 0.1) is 12.5 Å². The average Bonchev–Trinajstić information content (AvgIpc) is 3.01. The minimum Gasteiger partial charge on any atom is -0.450 e. The molecule has 2 fully saturated rings. The van der Waals surface area contributed by atoms with E-state index in [0.717, 1.165) is 32.2 Å². The fourth-order valence-corrected chi connectivity index (χ4v) is 3.64. The van der Waals surface area contributed by atoms with Gasteiger partial charge in [0, 0.05) is 45.7 Å². The molecule has 0 bridgehead atoms. The summed E-state index contributed by atoms with van der Waals surface area (Å²) in [6.45, 7) is 6.73. The van der Waals surface area contributed by atoms with Gasteiger partial charge in [0.25, 0.3) is 0 Å². The van der Waals surface area contributed by atoms with E-state index >= 15 is 0 Å². The lowest BCUT2D eigenvalue weighted by Crippen LogP contribution is -2.47. The summed E-state index contributed by atoms with van der Waals surface area (Å²) >= 11 is 0. The molecule has 1 unspecified atom stereocenters. The summed E-state index contributed by atoms with van der Waals surface area (Å²) in [5.41, 5.74) is 0. The first kappa shape index (κ1) is 19.5. The van der Waals surface area contributed by atoms with Crippen LogP contribution in [0.4, 0.5) is 4.79 Å². The number of carbonyl (C=O) groups excluding carboxylic acids is 3. The summed E-state index contributed by atoms with van der Waals surface area (Å²) in [7, 11) is 1.82. The number of unbranched alkanes of at least 4 members (excludes halogenated alkanes) is 1. The highest BCUT2D eigenvalue weighted by atomic mass is 16.6. The van der Waals surface area contributed by atoms with Gasteiger partial charge in [0.2, 0.25) is 11.8 Å². The molecule has 142 valence electrons. The highest BCUT2D eigenvalue weighted by molar-refractivity contribution is 5.89. The van der Waals surface area contributed by atoms with Crippen LogP contribution in [-0.2, 0) is 14.3 Å². The molecule has 0 aromatic carbocycles. The smallest absolute Gasteiger partial charge is 0.409 e. The lowest BCUT2D eigenvalue weighted by atomic mass is 10.0. The van der Waals surface area contributed by atoms with Gasteiger partial charge in [-0.15, -0.1) is 0 Å². The van der Waals surface area contributed by atoms with Gasteiger partial charge in [0.15, 0.2) is 0 Å². The largest absolute Gasteiger partial charge is 0.450 e. The lowest BCUT2D eigenvalue weighted by molar-refractivity contribution is -0.134. The second-order valence-corrected chi connectivity index (χ2v) is 6.98. The third kappa shape index (κ3) is 4.86. The highest BCUT2D eigenvalue weighted by Gasteiger charge is 2.40. The molecule has 7 nitrogen and oxygen atoms in total. The Labute approximate surface area is 150 Å². The molecule has 0 aliphatic carbocycles. The average molecular weight is 353 g/mol. The van der Waals surface area contributed by atoms with Crippen molar-refractivity contribution in [2.75, 3.05) is 39.8 Å². The second kappa shape index (κ2) is 9.06. The second-order valence-electron chi connectivity index (χ2n) is 6.98. The van der Waals surface area contributed by atoms with Gasteiger partial charge < -0.3 is 19.4 Å². The van der Waals surface area contributed by atoms with Gasteiger partial charge in [-0.05, 0) is 26.2 Å². The van der Waals surface area contributed by atoms with Crippen molar-refractivity contribution in [2.24, 2.45) is 5.92 Å². The van der Waals surface area contributed by atoms with Crippen LogP contribution < -0.4 is 0 Å². The molecule has 0 spiro atoms. The molecule has 2 rings (SSSR count). The number of nitrogens with zero attached hydrogens (tertiary/aromatic N) is 3. The fourth-order valence-electron chi connectivity index (χ4n) is 3.64. The standard InChI is InChI=1S/C18H31N3O4/c1-4-6-9-19(3)17(23)14-12-16(22)21(13-14)15-7-10-20(11-8-15)18(24)25-5-2/h14-15H,4-13H2,1-3H3. The number of likely N-dealkylation sites (tertiary alicyclic amines) is 2. The van der Waals surface area contributed by atoms with Gasteiger partial charge >= 0.3 is 6.09 Å². The summed E-state index contributed by atoms with van der Waals surface area (Å²) < 4.78 is 5.03. The van der Waals surface area contributed by atoms with Crippen LogP contribution in [0.3, 0.4) is 0 Å². The van der Waals surface area contributed by atoms with Crippen LogP contribution in [0, 0.1) is 5.92 Å². The zero-order valence-corrected chi connectivity index (χ0v) is 15.7. The molecule has 0 radical (unpaired) electrons. The normalized spacial score (nSPS) is 21.6. The first-order valence-corrected chi connectivity index (χ1v) is 9.44. The Morgan fingerprint density at radius 2 is 1.92 bits per heavy atom. The molecular weight excluding hydrogens is 322 g/mol. The Balaban J connectivity index is 1.85. The summed E-state index contributed by atoms with van der Waals surface area (Å²) in [5, 5.41) is 0. The maximum absolute atomic E-state index is 12.5. The van der Waals surface area contributed by atoms with Gasteiger partial charge in [-0.2, -0.15) is 0 Å². The third-order valence-corrected chi connectivity index (χ3v) is 5.16. The quantitative estimate of drug-likeness (QED) is 0.729. The highest BCUT2D eigenvalue weighted by Crippen LogP contribution is 2.27. The van der Waals surface area contributed by atoms with Crippen molar-refractivity contribution < 1.29 is 19.1 Å². The van der Waals surface area contributed by atoms with Gasteiger partial charge in [-0.1, -0.05) is 13.3 Å². The van der Waals surface area contributed by atoms with Crippen LogP contribution in [0.2, 0.25) is 0 Å². The van der Waals surface area contributed by atoms with Crippen molar-refractivity contribution in [2.45, 2.75) is 52.0 Å². The van der Waals surface area contributed by atoms with Gasteiger partial charge in [-0.3, -0.25) is 9.59 Å². The van der Waals surface area contributed by atoms with Gasteiger partial charge in [0.1, 0.15) is 0 Å². The molecular formula is C18H31N3O4. The van der Waals surface area contributed by atoms with Crippen LogP contribution in [0.25, 0.3) is 0 Å². The topological polar surface area (TPSA) is 70.2 Å². The van der Waals surface area contributed by atoms with E-state index in [1.807, 2.05) is 11.9 Å². The number of hydrogen-bond donors (Lipinski definition) is 0. The van der Waals surface area contributed by atoms with E-state index in [1.54, 1.807) is 16.7 Å². The van der Waals surface area contributed by atoms with E-state index in [4.69, 9.17) is 4.74 Å². The number of hydrogen-bond acceptors (Lipinski definition) is 4. The van der Waals surface area contributed by atoms with Crippen molar-refractivity contribution >= 4 is 17.9 Å². The van der Waals surface area contributed by atoms with E-state index in [1.165, 1.54) is 0 Å². The molecule has 0 aromatic heterocycles. The Bertz CT molecular complexity index is 489. The Morgan fingerprint density at radius 1 is 1.24 bits per heavy atom. The molecule has 7 heteroatoms. The van der Waals surface area contributed by atoms with E-state index in [0.29, 0.717) is 32.7 Å². The summed E-state index contributed by atoms with van der Waals surface area (Å²) in [6, 6.07) is 0.122. The maximum atomic E-state index is 12.5. The first-order valence-electron chi connectivity index (χ1n) is 9.44. The Morgan fingerprint density at radius 3 is 2.52 bits per heavy atom. The van der Waals surface area contributed by atoms with E-state index < -0.39 is 0 Å². The number of rotatable bonds is 6. The predicted molar refractivity (Wildman–Crippen MR) is 94.0 cm³/mol. The fraction of sp³-hybridized carbons (Fsp3) is 0.833.